The average molecular weight is 779 g/mol. The molecule has 0 N–H and O–H groups in total. The third-order valence-electron chi connectivity index (χ3n) is 11.1. The number of anilines is 1. The maximum absolute atomic E-state index is 17.4. The van der Waals surface area contributed by atoms with Gasteiger partial charge in [-0.2, -0.15) is 9.97 Å². The highest BCUT2D eigenvalue weighted by Crippen LogP contribution is 2.44. The first-order chi connectivity index (χ1) is 26.3. The molecule has 2 aromatic heterocycles. The van der Waals surface area contributed by atoms with Crippen molar-refractivity contribution in [2.45, 2.75) is 82.3 Å². The fraction of sp³-hybridized carbons (Fsp3) is 0.500. The lowest BCUT2D eigenvalue weighted by Gasteiger charge is -2.42. The van der Waals surface area contributed by atoms with Crippen LogP contribution in [0, 0.1) is 24.0 Å². The lowest BCUT2D eigenvalue weighted by atomic mass is 9.95. The zero-order valence-electron chi connectivity index (χ0n) is 31.1. The van der Waals surface area contributed by atoms with Crippen LogP contribution in [-0.2, 0) is 9.47 Å². The van der Waals surface area contributed by atoms with E-state index < -0.39 is 28.9 Å². The third kappa shape index (κ3) is 6.74. The number of carbonyl (C=O) groups is 1. The van der Waals surface area contributed by atoms with Crippen molar-refractivity contribution in [1.82, 2.24) is 24.8 Å². The summed E-state index contributed by atoms with van der Waals surface area (Å²) in [5, 5.41) is 0.744. The summed E-state index contributed by atoms with van der Waals surface area (Å²) in [7, 11) is 1.46. The molecule has 4 aromatic rings. The maximum Gasteiger partial charge on any atom is 0.410 e. The number of rotatable bonds is 8. The summed E-state index contributed by atoms with van der Waals surface area (Å²) in [5.74, 6) is 1.45. The molecule has 2 bridgehead atoms. The molecule has 0 spiro atoms. The molecule has 290 valence electrons. The molecule has 11 nitrogen and oxygen atoms in total. The van der Waals surface area contributed by atoms with E-state index in [1.54, 1.807) is 11.0 Å². The fourth-order valence-electron chi connectivity index (χ4n) is 8.85. The van der Waals surface area contributed by atoms with E-state index >= 15 is 8.78 Å². The Hall–Kier alpha value is -4.58. The van der Waals surface area contributed by atoms with E-state index in [4.69, 9.17) is 42.0 Å². The summed E-state index contributed by atoms with van der Waals surface area (Å²) in [6.07, 6.45) is 7.89. The lowest BCUT2D eigenvalue weighted by Crippen LogP contribution is -2.57. The number of carbonyl (C=O) groups excluding carboxylic acids is 1. The smallest absolute Gasteiger partial charge is 0.410 e. The number of fused-ring (bicyclic) bond motifs is 5. The van der Waals surface area contributed by atoms with Crippen LogP contribution in [0.3, 0.4) is 0 Å². The second kappa shape index (κ2) is 14.2. The lowest BCUT2D eigenvalue weighted by molar-refractivity contribution is 0.0122. The Kier molecular flexibility index (Phi) is 9.62. The number of amides is 1. The Morgan fingerprint density at radius 3 is 2.55 bits per heavy atom. The zero-order valence-corrected chi connectivity index (χ0v) is 31.9. The predicted octanol–water partition coefficient (Wildman–Crippen LogP) is 7.28. The predicted molar refractivity (Wildman–Crippen MR) is 201 cm³/mol. The first-order valence-corrected chi connectivity index (χ1v) is 18.9. The molecule has 4 aliphatic rings. The number of halogens is 4. The van der Waals surface area contributed by atoms with Crippen LogP contribution < -0.4 is 14.4 Å². The van der Waals surface area contributed by atoms with Crippen LogP contribution >= 0.6 is 11.6 Å². The van der Waals surface area contributed by atoms with Gasteiger partial charge in [0.05, 0.1) is 28.6 Å². The summed E-state index contributed by atoms with van der Waals surface area (Å²) in [4.78, 5) is 33.1. The third-order valence-corrected chi connectivity index (χ3v) is 11.4. The molecule has 0 radical (unpaired) electrons. The van der Waals surface area contributed by atoms with E-state index in [1.165, 1.54) is 25.3 Å². The second-order valence-electron chi connectivity index (χ2n) is 15.8. The number of hydrogen-bond donors (Lipinski definition) is 0. The number of ether oxygens (including phenoxy) is 4. The monoisotopic (exact) mass is 778 g/mol. The van der Waals surface area contributed by atoms with Gasteiger partial charge in [-0.25, -0.2) is 22.9 Å². The number of benzene rings is 2. The summed E-state index contributed by atoms with van der Waals surface area (Å²) >= 11 is 7.03. The van der Waals surface area contributed by atoms with Crippen LogP contribution in [-0.4, -0.2) is 107 Å². The molecule has 0 saturated carbocycles. The van der Waals surface area contributed by atoms with Gasteiger partial charge < -0.3 is 23.8 Å². The molecule has 4 atom stereocenters. The average Bonchev–Trinajstić information content (AvgIpc) is 3.76. The summed E-state index contributed by atoms with van der Waals surface area (Å²) in [5.41, 5.74) is -1.56. The Labute approximate surface area is 322 Å². The minimum atomic E-state index is -0.977. The molecule has 4 aliphatic heterocycles. The molecule has 1 amide bonds. The molecule has 0 unspecified atom stereocenters. The molecular formula is C40H42ClF3N6O5. The summed E-state index contributed by atoms with van der Waals surface area (Å²) in [6, 6.07) is 5.38. The Balaban J connectivity index is 1.27. The SMILES string of the molecule is C#Cc1c(F)ccc2cc(OCOC)cc(-c3nc(Cl)c4c(N5C[C@H]6CC[C@@H](C5)N6C(=O)OC(C)(C)C)nc(OC[C@@]56CCCN5C[C@H](F)C6)nc4c3F)c12. The van der Waals surface area contributed by atoms with Crippen LogP contribution in [0.4, 0.5) is 23.8 Å². The van der Waals surface area contributed by atoms with Gasteiger partial charge in [-0.1, -0.05) is 23.6 Å². The van der Waals surface area contributed by atoms with Crippen molar-refractivity contribution < 1.29 is 36.9 Å². The zero-order chi connectivity index (χ0) is 38.8. The molecule has 15 heteroatoms. The van der Waals surface area contributed by atoms with Crippen LogP contribution in [0.5, 0.6) is 11.8 Å². The molecule has 55 heavy (non-hydrogen) atoms. The van der Waals surface area contributed by atoms with Crippen LogP contribution in [0.2, 0.25) is 5.15 Å². The van der Waals surface area contributed by atoms with Gasteiger partial charge in [0, 0.05) is 44.1 Å². The van der Waals surface area contributed by atoms with Crippen molar-refractivity contribution in [3.05, 3.63) is 46.6 Å². The van der Waals surface area contributed by atoms with Crippen molar-refractivity contribution in [2.75, 3.05) is 51.6 Å². The van der Waals surface area contributed by atoms with Gasteiger partial charge in [0.15, 0.2) is 12.6 Å². The van der Waals surface area contributed by atoms with Crippen molar-refractivity contribution in [2.24, 2.45) is 0 Å². The molecule has 4 saturated heterocycles. The van der Waals surface area contributed by atoms with E-state index in [1.807, 2.05) is 25.7 Å². The van der Waals surface area contributed by atoms with Gasteiger partial charge in [-0.3, -0.25) is 9.80 Å². The van der Waals surface area contributed by atoms with Gasteiger partial charge in [-0.05, 0) is 76.6 Å². The van der Waals surface area contributed by atoms with Gasteiger partial charge in [0.25, 0.3) is 0 Å². The van der Waals surface area contributed by atoms with Gasteiger partial charge in [0.1, 0.15) is 52.1 Å². The van der Waals surface area contributed by atoms with Crippen LogP contribution in [0.1, 0.15) is 58.4 Å². The van der Waals surface area contributed by atoms with E-state index in [-0.39, 0.29) is 81.7 Å². The minimum absolute atomic E-state index is 0.0861. The van der Waals surface area contributed by atoms with Gasteiger partial charge >= 0.3 is 12.1 Å². The Morgan fingerprint density at radius 1 is 1.07 bits per heavy atom. The Morgan fingerprint density at radius 2 is 1.84 bits per heavy atom. The molecule has 2 aromatic carbocycles. The van der Waals surface area contributed by atoms with Crippen molar-refractivity contribution >= 4 is 45.2 Å². The number of methoxy groups -OCH3 is 1. The quantitative estimate of drug-likeness (QED) is 0.103. The van der Waals surface area contributed by atoms with E-state index in [0.717, 1.165) is 32.2 Å². The van der Waals surface area contributed by atoms with Crippen molar-refractivity contribution in [3.8, 4) is 35.4 Å². The van der Waals surface area contributed by atoms with Crippen molar-refractivity contribution in [1.29, 1.82) is 0 Å². The number of nitrogens with zero attached hydrogens (tertiary/aromatic N) is 6. The maximum atomic E-state index is 17.4. The van der Waals surface area contributed by atoms with E-state index in [9.17, 15) is 9.18 Å². The molecule has 4 fully saturated rings. The standard InChI is InChI=1S/C40H42ClF3N6O5/c1-6-27-29(43)11-8-22-14-26(54-21-52-5)15-28(30(22)27)33-32(44)34-31(35(41)45-33)36(47-37(46-34)53-20-40-12-7-13-49(40)17-23(42)16-40)48-18-24-9-10-25(19-48)50(24)38(51)55-39(2,3)4/h1,8,11,14-15,23-25H,7,9-10,12-13,16-21H2,2-5H3/t23-,24-,25+,40+/m1/s1. The largest absolute Gasteiger partial charge is 0.468 e. The van der Waals surface area contributed by atoms with Crippen LogP contribution in [0.15, 0.2) is 24.3 Å². The second-order valence-corrected chi connectivity index (χ2v) is 16.2. The molecular weight excluding hydrogens is 737 g/mol. The topological polar surface area (TPSA) is 102 Å². The number of hydrogen-bond acceptors (Lipinski definition) is 10. The van der Waals surface area contributed by atoms with E-state index in [0.29, 0.717) is 37.2 Å². The van der Waals surface area contributed by atoms with Crippen molar-refractivity contribution in [3.63, 3.8) is 0 Å². The fourth-order valence-corrected chi connectivity index (χ4v) is 9.11. The molecule has 0 aliphatic carbocycles. The number of terminal acetylenes is 1. The molecule has 8 rings (SSSR count). The Bertz CT molecular complexity index is 2220. The molecule has 6 heterocycles. The highest BCUT2D eigenvalue weighted by Gasteiger charge is 2.50. The first-order valence-electron chi connectivity index (χ1n) is 18.5. The number of aromatic nitrogens is 3. The normalized spacial score (nSPS) is 23.7. The number of pyridine rings is 1. The number of piperazine rings is 1. The van der Waals surface area contributed by atoms with Gasteiger partial charge in [-0.15, -0.1) is 6.42 Å². The highest BCUT2D eigenvalue weighted by atomic mass is 35.5. The van der Waals surface area contributed by atoms with E-state index in [2.05, 4.69) is 20.8 Å². The van der Waals surface area contributed by atoms with Gasteiger partial charge in [0.2, 0.25) is 0 Å². The number of alkyl halides is 1. The first kappa shape index (κ1) is 37.3. The van der Waals surface area contributed by atoms with Crippen LogP contribution in [0.25, 0.3) is 32.9 Å². The summed E-state index contributed by atoms with van der Waals surface area (Å²) in [6.45, 7) is 7.30. The highest BCUT2D eigenvalue weighted by molar-refractivity contribution is 6.35. The summed E-state index contributed by atoms with van der Waals surface area (Å²) < 4.78 is 70.1. The minimum Gasteiger partial charge on any atom is -0.468 e.